The van der Waals surface area contributed by atoms with Gasteiger partial charge in [0.2, 0.25) is 0 Å². The summed E-state index contributed by atoms with van der Waals surface area (Å²) in [6.07, 6.45) is 9.64. The van der Waals surface area contributed by atoms with E-state index in [0.29, 0.717) is 23.5 Å². The van der Waals surface area contributed by atoms with E-state index in [1.54, 1.807) is 6.92 Å². The smallest absolute Gasteiger partial charge is 0.302 e. The van der Waals surface area contributed by atoms with Crippen LogP contribution >= 0.6 is 0 Å². The van der Waals surface area contributed by atoms with Gasteiger partial charge in [-0.3, -0.25) is 9.59 Å². The van der Waals surface area contributed by atoms with E-state index in [4.69, 9.17) is 4.74 Å². The second-order valence-corrected chi connectivity index (χ2v) is 11.2. The first-order valence-electron chi connectivity index (χ1n) is 11.5. The molecule has 0 saturated heterocycles. The Kier molecular flexibility index (Phi) is 4.96. The third-order valence-corrected chi connectivity index (χ3v) is 9.86. The van der Waals surface area contributed by atoms with Gasteiger partial charge in [-0.2, -0.15) is 0 Å². The lowest BCUT2D eigenvalue weighted by molar-refractivity contribution is -0.173. The average molecular weight is 391 g/mol. The van der Waals surface area contributed by atoms with Gasteiger partial charge in [0.25, 0.3) is 0 Å². The molecule has 0 aromatic heterocycles. The maximum atomic E-state index is 12.3. The highest BCUT2D eigenvalue weighted by molar-refractivity contribution is 5.79. The summed E-state index contributed by atoms with van der Waals surface area (Å²) in [5.74, 6) is 3.02. The van der Waals surface area contributed by atoms with Crippen molar-refractivity contribution in [1.29, 1.82) is 0 Å². The molecule has 1 N–H and O–H groups in total. The number of ketones is 1. The van der Waals surface area contributed by atoms with Crippen molar-refractivity contribution >= 4 is 11.8 Å². The molecule has 0 amide bonds. The minimum atomic E-state index is -0.848. The Morgan fingerprint density at radius 3 is 2.32 bits per heavy atom. The SMILES string of the molecule is CC(=O)OCC1(O)CC[C@@]2(C)C(CC[C@H]3[C@@H]4CC[C@H](C(C)=O)[C@@]4(C)CC[C@@H]32)C1. The lowest BCUT2D eigenvalue weighted by Crippen LogP contribution is -2.57. The van der Waals surface area contributed by atoms with Crippen molar-refractivity contribution in [2.45, 2.75) is 91.1 Å². The monoisotopic (exact) mass is 390 g/mol. The number of ether oxygens (including phenoxy) is 1. The molecule has 4 fully saturated rings. The molecule has 4 saturated carbocycles. The van der Waals surface area contributed by atoms with Crippen molar-refractivity contribution in [3.8, 4) is 0 Å². The van der Waals surface area contributed by atoms with Gasteiger partial charge in [-0.15, -0.1) is 0 Å². The second-order valence-electron chi connectivity index (χ2n) is 11.2. The minimum Gasteiger partial charge on any atom is -0.463 e. The van der Waals surface area contributed by atoms with Gasteiger partial charge in [-0.25, -0.2) is 0 Å². The zero-order valence-electron chi connectivity index (χ0n) is 18.1. The van der Waals surface area contributed by atoms with Crippen molar-refractivity contribution in [3.05, 3.63) is 0 Å². The first kappa shape index (κ1) is 20.4. The molecule has 4 nitrogen and oxygen atoms in total. The van der Waals surface area contributed by atoms with E-state index in [-0.39, 0.29) is 29.3 Å². The molecule has 4 aliphatic rings. The predicted molar refractivity (Wildman–Crippen MR) is 107 cm³/mol. The second kappa shape index (κ2) is 6.82. The molecule has 4 aliphatic carbocycles. The van der Waals surface area contributed by atoms with Crippen LogP contribution in [-0.2, 0) is 14.3 Å². The van der Waals surface area contributed by atoms with Crippen LogP contribution < -0.4 is 0 Å². The first-order chi connectivity index (χ1) is 13.1. The quantitative estimate of drug-likeness (QED) is 0.719. The van der Waals surface area contributed by atoms with Crippen LogP contribution in [-0.4, -0.2) is 29.1 Å². The van der Waals surface area contributed by atoms with E-state index in [1.807, 2.05) is 0 Å². The first-order valence-corrected chi connectivity index (χ1v) is 11.5. The number of aliphatic hydroxyl groups is 1. The average Bonchev–Trinajstić information content (AvgIpc) is 2.98. The molecule has 0 aliphatic heterocycles. The standard InChI is InChI=1S/C24H38O4/c1-15(25)19-7-8-20-18-6-5-17-13-24(27,14-28-16(2)26)12-11-22(17,3)21(18)9-10-23(19,20)4/h17-21,27H,5-14H2,1-4H3/t17?,18-,19+,20-,21-,22-,23+,24?/m0/s1. The fourth-order valence-electron chi connectivity index (χ4n) is 8.36. The summed E-state index contributed by atoms with van der Waals surface area (Å²) >= 11 is 0. The molecule has 0 spiro atoms. The van der Waals surface area contributed by atoms with E-state index in [0.717, 1.165) is 38.0 Å². The molecule has 28 heavy (non-hydrogen) atoms. The van der Waals surface area contributed by atoms with Gasteiger partial charge in [0.05, 0.1) is 5.60 Å². The van der Waals surface area contributed by atoms with Crippen LogP contribution in [0.2, 0.25) is 0 Å². The molecular weight excluding hydrogens is 352 g/mol. The Balaban J connectivity index is 1.52. The molecule has 158 valence electrons. The fourth-order valence-corrected chi connectivity index (χ4v) is 8.36. The van der Waals surface area contributed by atoms with E-state index in [9.17, 15) is 14.7 Å². The molecule has 4 rings (SSSR count). The fraction of sp³-hybridized carbons (Fsp3) is 0.917. The minimum absolute atomic E-state index is 0.143. The predicted octanol–water partition coefficient (Wildman–Crippen LogP) is 4.53. The van der Waals surface area contributed by atoms with Crippen LogP contribution in [0.3, 0.4) is 0 Å². The van der Waals surface area contributed by atoms with Crippen molar-refractivity contribution in [2.24, 2.45) is 40.4 Å². The molecule has 0 bridgehead atoms. The summed E-state index contributed by atoms with van der Waals surface area (Å²) in [6.45, 7) is 8.23. The Hall–Kier alpha value is -0.900. The van der Waals surface area contributed by atoms with Crippen LogP contribution in [0.25, 0.3) is 0 Å². The molecule has 0 aromatic rings. The Morgan fingerprint density at radius 2 is 1.64 bits per heavy atom. The third-order valence-electron chi connectivity index (χ3n) is 9.86. The number of hydrogen-bond donors (Lipinski definition) is 1. The zero-order chi connectivity index (χ0) is 20.3. The van der Waals surface area contributed by atoms with Gasteiger partial charge in [-0.1, -0.05) is 13.8 Å². The number of carbonyl (C=O) groups is 2. The lowest BCUT2D eigenvalue weighted by Gasteiger charge is -2.62. The molecule has 2 unspecified atom stereocenters. The maximum absolute atomic E-state index is 12.3. The number of hydrogen-bond acceptors (Lipinski definition) is 4. The summed E-state index contributed by atoms with van der Waals surface area (Å²) in [5, 5.41) is 11.0. The molecule has 0 heterocycles. The van der Waals surface area contributed by atoms with Gasteiger partial charge in [0, 0.05) is 12.8 Å². The molecule has 0 aromatic carbocycles. The van der Waals surface area contributed by atoms with Crippen molar-refractivity contribution in [2.75, 3.05) is 6.61 Å². The largest absolute Gasteiger partial charge is 0.463 e. The van der Waals surface area contributed by atoms with Crippen molar-refractivity contribution in [3.63, 3.8) is 0 Å². The van der Waals surface area contributed by atoms with Crippen LogP contribution in [0.4, 0.5) is 0 Å². The number of esters is 1. The van der Waals surface area contributed by atoms with Gasteiger partial charge >= 0.3 is 5.97 Å². The third kappa shape index (κ3) is 3.05. The number of rotatable bonds is 3. The summed E-state index contributed by atoms with van der Waals surface area (Å²) in [4.78, 5) is 23.5. The highest BCUT2D eigenvalue weighted by Gasteiger charge is 2.61. The van der Waals surface area contributed by atoms with Gasteiger partial charge in [-0.05, 0) is 99.2 Å². The van der Waals surface area contributed by atoms with Crippen molar-refractivity contribution < 1.29 is 19.4 Å². The zero-order valence-corrected chi connectivity index (χ0v) is 18.1. The number of fused-ring (bicyclic) bond motifs is 5. The molecule has 8 atom stereocenters. The van der Waals surface area contributed by atoms with Gasteiger partial charge < -0.3 is 9.84 Å². The topological polar surface area (TPSA) is 63.6 Å². The number of Topliss-reactive ketones (excluding diaryl/α,β-unsaturated/α-hetero) is 1. The normalized spacial score (nSPS) is 50.2. The highest BCUT2D eigenvalue weighted by atomic mass is 16.5. The molecular formula is C24H38O4. The molecule has 0 radical (unpaired) electrons. The van der Waals surface area contributed by atoms with Crippen LogP contribution in [0.1, 0.15) is 85.5 Å². The summed E-state index contributed by atoms with van der Waals surface area (Å²) in [6, 6.07) is 0. The van der Waals surface area contributed by atoms with E-state index in [1.165, 1.54) is 32.6 Å². The van der Waals surface area contributed by atoms with Gasteiger partial charge in [0.1, 0.15) is 12.4 Å². The molecule has 4 heteroatoms. The van der Waals surface area contributed by atoms with Crippen molar-refractivity contribution in [1.82, 2.24) is 0 Å². The Morgan fingerprint density at radius 1 is 0.929 bits per heavy atom. The number of carbonyl (C=O) groups excluding carboxylic acids is 2. The van der Waals surface area contributed by atoms with Crippen LogP contribution in [0.15, 0.2) is 0 Å². The lowest BCUT2D eigenvalue weighted by atomic mass is 9.44. The summed E-state index contributed by atoms with van der Waals surface area (Å²) in [5.41, 5.74) is -0.360. The highest BCUT2D eigenvalue weighted by Crippen LogP contribution is 2.68. The summed E-state index contributed by atoms with van der Waals surface area (Å²) in [7, 11) is 0. The Bertz CT molecular complexity index is 659. The van der Waals surface area contributed by atoms with Gasteiger partial charge in [0.15, 0.2) is 0 Å². The van der Waals surface area contributed by atoms with Crippen LogP contribution in [0.5, 0.6) is 0 Å². The van der Waals surface area contributed by atoms with E-state index < -0.39 is 5.60 Å². The van der Waals surface area contributed by atoms with E-state index in [2.05, 4.69) is 13.8 Å². The van der Waals surface area contributed by atoms with E-state index >= 15 is 0 Å². The summed E-state index contributed by atoms with van der Waals surface area (Å²) < 4.78 is 5.19. The van der Waals surface area contributed by atoms with Crippen LogP contribution in [0, 0.1) is 40.4 Å². The maximum Gasteiger partial charge on any atom is 0.302 e. The Labute approximate surface area is 169 Å².